The van der Waals surface area contributed by atoms with Crippen molar-refractivity contribution < 1.29 is 19.0 Å². The van der Waals surface area contributed by atoms with Gasteiger partial charge in [-0.05, 0) is 18.2 Å². The van der Waals surface area contributed by atoms with Crippen LogP contribution in [0.1, 0.15) is 16.1 Å². The maximum absolute atomic E-state index is 13.4. The van der Waals surface area contributed by atoms with Crippen LogP contribution in [0.2, 0.25) is 0 Å². The number of carboxylic acids is 1. The molecule has 0 bridgehead atoms. The Balaban J connectivity index is 2.26. The first-order valence-electron chi connectivity index (χ1n) is 6.46. The molecule has 0 atom stereocenters. The van der Waals surface area contributed by atoms with Gasteiger partial charge in [-0.1, -0.05) is 12.1 Å². The van der Waals surface area contributed by atoms with Gasteiger partial charge in [0.15, 0.2) is 5.65 Å². The Bertz CT molecular complexity index is 860. The van der Waals surface area contributed by atoms with Gasteiger partial charge in [0.05, 0.1) is 24.2 Å². The summed E-state index contributed by atoms with van der Waals surface area (Å²) in [6, 6.07) is 7.64. The molecule has 112 valence electrons. The first-order chi connectivity index (χ1) is 10.6. The molecule has 0 aliphatic carbocycles. The molecule has 22 heavy (non-hydrogen) atoms. The van der Waals surface area contributed by atoms with E-state index in [-0.39, 0.29) is 23.6 Å². The van der Waals surface area contributed by atoms with Crippen molar-refractivity contribution in [3.8, 4) is 11.3 Å². The molecule has 3 rings (SSSR count). The summed E-state index contributed by atoms with van der Waals surface area (Å²) in [6.07, 6.45) is 1.24. The lowest BCUT2D eigenvalue weighted by atomic mass is 10.1. The second-order valence-electron chi connectivity index (χ2n) is 4.67. The summed E-state index contributed by atoms with van der Waals surface area (Å²) in [4.78, 5) is 15.6. The van der Waals surface area contributed by atoms with Gasteiger partial charge < -0.3 is 9.84 Å². The second kappa shape index (κ2) is 5.53. The van der Waals surface area contributed by atoms with Crippen molar-refractivity contribution >= 4 is 11.6 Å². The first kappa shape index (κ1) is 14.2. The highest BCUT2D eigenvalue weighted by atomic mass is 19.1. The highest BCUT2D eigenvalue weighted by Crippen LogP contribution is 2.22. The number of aromatic nitrogens is 3. The van der Waals surface area contributed by atoms with E-state index < -0.39 is 5.97 Å². The van der Waals surface area contributed by atoms with E-state index in [1.165, 1.54) is 30.0 Å². The van der Waals surface area contributed by atoms with E-state index in [2.05, 4.69) is 10.1 Å². The molecule has 7 heteroatoms. The van der Waals surface area contributed by atoms with Crippen LogP contribution >= 0.6 is 0 Å². The third-order valence-corrected chi connectivity index (χ3v) is 3.19. The molecule has 0 saturated carbocycles. The highest BCUT2D eigenvalue weighted by Gasteiger charge is 2.17. The van der Waals surface area contributed by atoms with E-state index >= 15 is 0 Å². The zero-order valence-electron chi connectivity index (χ0n) is 11.7. The summed E-state index contributed by atoms with van der Waals surface area (Å²) in [6.45, 7) is 0.224. The molecule has 6 nitrogen and oxygen atoms in total. The molecule has 1 N–H and O–H groups in total. The van der Waals surface area contributed by atoms with Gasteiger partial charge in [-0.3, -0.25) is 0 Å². The van der Waals surface area contributed by atoms with Crippen LogP contribution in [0.15, 0.2) is 36.5 Å². The van der Waals surface area contributed by atoms with Crippen molar-refractivity contribution in [1.82, 2.24) is 14.6 Å². The average molecular weight is 301 g/mol. The summed E-state index contributed by atoms with van der Waals surface area (Å²) in [5.74, 6) is -1.51. The third kappa shape index (κ3) is 2.42. The number of aromatic carboxylic acids is 1. The van der Waals surface area contributed by atoms with Gasteiger partial charge in [0.1, 0.15) is 11.4 Å². The number of hydrogen-bond donors (Lipinski definition) is 1. The maximum atomic E-state index is 13.4. The minimum Gasteiger partial charge on any atom is -0.477 e. The monoisotopic (exact) mass is 301 g/mol. The second-order valence-corrected chi connectivity index (χ2v) is 4.67. The number of methoxy groups -OCH3 is 1. The van der Waals surface area contributed by atoms with Crippen LogP contribution in [-0.4, -0.2) is 32.8 Å². The Kier molecular flexibility index (Phi) is 3.56. The molecule has 0 amide bonds. The number of hydrogen-bond acceptors (Lipinski definition) is 4. The topological polar surface area (TPSA) is 76.7 Å². The average Bonchev–Trinajstić information content (AvgIpc) is 2.91. The molecule has 0 aliphatic heterocycles. The Morgan fingerprint density at radius 1 is 1.41 bits per heavy atom. The smallest absolute Gasteiger partial charge is 0.341 e. The van der Waals surface area contributed by atoms with E-state index in [0.717, 1.165) is 0 Å². The number of nitrogens with zero attached hydrogens (tertiary/aromatic N) is 3. The molecular formula is C15H12FN3O3. The van der Waals surface area contributed by atoms with Gasteiger partial charge >= 0.3 is 5.97 Å². The van der Waals surface area contributed by atoms with Crippen LogP contribution in [0, 0.1) is 5.82 Å². The molecule has 0 unspecified atom stereocenters. The Morgan fingerprint density at radius 2 is 2.23 bits per heavy atom. The summed E-state index contributed by atoms with van der Waals surface area (Å²) in [7, 11) is 1.52. The number of carbonyl (C=O) groups is 1. The van der Waals surface area contributed by atoms with Crippen molar-refractivity contribution in [3.05, 3.63) is 53.6 Å². The van der Waals surface area contributed by atoms with Crippen LogP contribution in [0.4, 0.5) is 4.39 Å². The Labute approximate surface area is 124 Å². The Hall–Kier alpha value is -2.80. The first-order valence-corrected chi connectivity index (χ1v) is 6.46. The zero-order valence-corrected chi connectivity index (χ0v) is 11.7. The predicted octanol–water partition coefficient (Wildman–Crippen LogP) is 2.38. The van der Waals surface area contributed by atoms with Crippen molar-refractivity contribution in [2.45, 2.75) is 6.61 Å². The molecule has 0 saturated heterocycles. The zero-order chi connectivity index (χ0) is 15.7. The molecule has 1 aromatic carbocycles. The van der Waals surface area contributed by atoms with Crippen LogP contribution in [-0.2, 0) is 11.3 Å². The minimum atomic E-state index is -1.12. The number of ether oxygens (including phenoxy) is 1. The standard InChI is InChI=1S/C15H12FN3O3/c1-22-8-11-6-13(9-3-2-4-10(16)5-9)18-14-12(15(20)21)7-17-19(11)14/h2-7H,8H2,1H3,(H,20,21). The number of benzene rings is 1. The SMILES string of the molecule is COCc1cc(-c2cccc(F)c2)nc2c(C(=O)O)cnn12. The number of fused-ring (bicyclic) bond motifs is 1. The summed E-state index contributed by atoms with van der Waals surface area (Å²) < 4.78 is 19.9. The summed E-state index contributed by atoms with van der Waals surface area (Å²) in [5.41, 5.74) is 1.82. The number of carboxylic acid groups (broad SMARTS) is 1. The summed E-state index contributed by atoms with van der Waals surface area (Å²) >= 11 is 0. The fourth-order valence-corrected chi connectivity index (χ4v) is 2.22. The lowest BCUT2D eigenvalue weighted by Gasteiger charge is -2.08. The van der Waals surface area contributed by atoms with Crippen molar-refractivity contribution in [1.29, 1.82) is 0 Å². The van der Waals surface area contributed by atoms with Crippen LogP contribution in [0.25, 0.3) is 16.9 Å². The van der Waals surface area contributed by atoms with Gasteiger partial charge in [-0.25, -0.2) is 18.7 Å². The molecule has 0 aliphatic rings. The number of halogens is 1. The molecule has 0 radical (unpaired) electrons. The maximum Gasteiger partial charge on any atom is 0.341 e. The van der Waals surface area contributed by atoms with Crippen LogP contribution in [0.5, 0.6) is 0 Å². The summed E-state index contributed by atoms with van der Waals surface area (Å²) in [5, 5.41) is 13.2. The normalized spacial score (nSPS) is 11.0. The lowest BCUT2D eigenvalue weighted by molar-refractivity contribution is 0.0698. The number of rotatable bonds is 4. The molecular weight excluding hydrogens is 289 g/mol. The van der Waals surface area contributed by atoms with E-state index in [9.17, 15) is 14.3 Å². The van der Waals surface area contributed by atoms with E-state index in [4.69, 9.17) is 4.74 Å². The van der Waals surface area contributed by atoms with Gasteiger partial charge in [-0.2, -0.15) is 5.10 Å². The van der Waals surface area contributed by atoms with Crippen molar-refractivity contribution in [2.75, 3.05) is 7.11 Å². The van der Waals surface area contributed by atoms with Crippen LogP contribution in [0.3, 0.4) is 0 Å². The van der Waals surface area contributed by atoms with E-state index in [1.54, 1.807) is 18.2 Å². The molecule has 2 aromatic heterocycles. The van der Waals surface area contributed by atoms with Gasteiger partial charge in [0.25, 0.3) is 0 Å². The fourth-order valence-electron chi connectivity index (χ4n) is 2.22. The fraction of sp³-hybridized carbons (Fsp3) is 0.133. The molecule has 2 heterocycles. The van der Waals surface area contributed by atoms with E-state index in [1.807, 2.05) is 0 Å². The molecule has 0 fully saturated rings. The predicted molar refractivity (Wildman–Crippen MR) is 76.1 cm³/mol. The van der Waals surface area contributed by atoms with Gasteiger partial charge in [-0.15, -0.1) is 0 Å². The molecule has 0 spiro atoms. The highest BCUT2D eigenvalue weighted by molar-refractivity contribution is 5.94. The van der Waals surface area contributed by atoms with Crippen molar-refractivity contribution in [2.24, 2.45) is 0 Å². The Morgan fingerprint density at radius 3 is 2.91 bits per heavy atom. The minimum absolute atomic E-state index is 0.0180. The van der Waals surface area contributed by atoms with Gasteiger partial charge in [0.2, 0.25) is 0 Å². The van der Waals surface area contributed by atoms with E-state index in [0.29, 0.717) is 17.0 Å². The van der Waals surface area contributed by atoms with Gasteiger partial charge in [0, 0.05) is 12.7 Å². The quantitative estimate of drug-likeness (QED) is 0.800. The molecule has 3 aromatic rings. The largest absolute Gasteiger partial charge is 0.477 e. The van der Waals surface area contributed by atoms with Crippen LogP contribution < -0.4 is 0 Å². The third-order valence-electron chi connectivity index (χ3n) is 3.19. The van der Waals surface area contributed by atoms with Crippen molar-refractivity contribution in [3.63, 3.8) is 0 Å². The lowest BCUT2D eigenvalue weighted by Crippen LogP contribution is -2.05.